The van der Waals surface area contributed by atoms with Crippen LogP contribution in [0.4, 0.5) is 0 Å². The number of aryl methyl sites for hydroxylation is 1. The fourth-order valence-corrected chi connectivity index (χ4v) is 0.668. The molecule has 0 saturated heterocycles. The van der Waals surface area contributed by atoms with E-state index >= 15 is 0 Å². The molecule has 0 spiro atoms. The molecule has 0 N–H and O–H groups in total. The first-order valence-corrected chi connectivity index (χ1v) is 3.26. The van der Waals surface area contributed by atoms with E-state index in [1.165, 1.54) is 6.20 Å². The number of hydrogen-bond acceptors (Lipinski definition) is 3. The van der Waals surface area contributed by atoms with Crippen molar-refractivity contribution in [2.24, 2.45) is 4.99 Å². The van der Waals surface area contributed by atoms with Crippen LogP contribution in [-0.4, -0.2) is 16.2 Å². The van der Waals surface area contributed by atoms with E-state index in [0.717, 1.165) is 11.4 Å². The lowest BCUT2D eigenvalue weighted by Gasteiger charge is -1.93. The van der Waals surface area contributed by atoms with E-state index < -0.39 is 0 Å². The van der Waals surface area contributed by atoms with Gasteiger partial charge in [0.05, 0.1) is 11.9 Å². The Morgan fingerprint density at radius 3 is 2.82 bits per heavy atom. The van der Waals surface area contributed by atoms with Crippen molar-refractivity contribution in [2.75, 3.05) is 0 Å². The predicted octanol–water partition coefficient (Wildman–Crippen LogP) is 1.35. The van der Waals surface area contributed by atoms with Crippen molar-refractivity contribution in [1.29, 1.82) is 0 Å². The summed E-state index contributed by atoms with van der Waals surface area (Å²) >= 11 is 0. The fraction of sp³-hybridized carbons (Fsp3) is 0.125. The summed E-state index contributed by atoms with van der Waals surface area (Å²) in [5, 5.41) is 0. The van der Waals surface area contributed by atoms with Crippen LogP contribution >= 0.6 is 0 Å². The zero-order valence-electron chi connectivity index (χ0n) is 6.36. The summed E-state index contributed by atoms with van der Waals surface area (Å²) in [6, 6.07) is 0. The lowest BCUT2D eigenvalue weighted by atomic mass is 10.3. The third-order valence-corrected chi connectivity index (χ3v) is 1.22. The Labute approximate surface area is 65.5 Å². The van der Waals surface area contributed by atoms with Gasteiger partial charge in [-0.05, 0) is 6.92 Å². The van der Waals surface area contributed by atoms with E-state index in [4.69, 9.17) is 0 Å². The molecule has 0 unspecified atom stereocenters. The van der Waals surface area contributed by atoms with Gasteiger partial charge in [-0.3, -0.25) is 15.0 Å². The highest BCUT2D eigenvalue weighted by molar-refractivity contribution is 5.78. The monoisotopic (exact) mass is 147 g/mol. The van der Waals surface area contributed by atoms with E-state index in [2.05, 4.69) is 21.5 Å². The zero-order valence-corrected chi connectivity index (χ0v) is 6.36. The number of aliphatic imine (C=N–C) groups is 1. The Bertz CT molecular complexity index is 278. The number of aromatic nitrogens is 2. The Morgan fingerprint density at radius 2 is 2.18 bits per heavy atom. The number of nitrogens with zero attached hydrogens (tertiary/aromatic N) is 3. The van der Waals surface area contributed by atoms with Gasteiger partial charge in [-0.1, -0.05) is 6.58 Å². The molecule has 3 heteroatoms. The van der Waals surface area contributed by atoms with Crippen LogP contribution in [0.15, 0.2) is 30.2 Å². The van der Waals surface area contributed by atoms with Gasteiger partial charge in [0.15, 0.2) is 0 Å². The minimum atomic E-state index is 0.785. The van der Waals surface area contributed by atoms with Crippen LogP contribution < -0.4 is 0 Å². The van der Waals surface area contributed by atoms with Crippen LogP contribution in [0.5, 0.6) is 0 Å². The van der Waals surface area contributed by atoms with Gasteiger partial charge in [-0.2, -0.15) is 0 Å². The smallest absolute Gasteiger partial charge is 0.102 e. The molecule has 0 bridgehead atoms. The SMILES string of the molecule is C=C/N=C\c1nccnc1C. The van der Waals surface area contributed by atoms with E-state index in [1.807, 2.05) is 6.92 Å². The molecule has 1 heterocycles. The van der Waals surface area contributed by atoms with Gasteiger partial charge < -0.3 is 0 Å². The summed E-state index contributed by atoms with van der Waals surface area (Å²) < 4.78 is 0. The van der Waals surface area contributed by atoms with E-state index in [0.29, 0.717) is 0 Å². The van der Waals surface area contributed by atoms with Crippen molar-refractivity contribution in [3.05, 3.63) is 36.6 Å². The van der Waals surface area contributed by atoms with E-state index in [-0.39, 0.29) is 0 Å². The molecule has 0 atom stereocenters. The summed E-state index contributed by atoms with van der Waals surface area (Å²) in [5.41, 5.74) is 1.66. The van der Waals surface area contributed by atoms with Gasteiger partial charge >= 0.3 is 0 Å². The van der Waals surface area contributed by atoms with Gasteiger partial charge in [0.25, 0.3) is 0 Å². The summed E-state index contributed by atoms with van der Waals surface area (Å²) in [6.07, 6.45) is 6.39. The van der Waals surface area contributed by atoms with Crippen molar-refractivity contribution >= 4 is 6.21 Å². The molecule has 1 rings (SSSR count). The molecular formula is C8H9N3. The Morgan fingerprint density at radius 1 is 1.45 bits per heavy atom. The average Bonchev–Trinajstić information content (AvgIpc) is 2.03. The quantitative estimate of drug-likeness (QED) is 0.592. The number of rotatable bonds is 2. The van der Waals surface area contributed by atoms with Gasteiger partial charge in [0.1, 0.15) is 5.69 Å². The second-order valence-electron chi connectivity index (χ2n) is 1.99. The molecule has 0 aliphatic heterocycles. The van der Waals surface area contributed by atoms with Crippen molar-refractivity contribution in [2.45, 2.75) is 6.92 Å². The van der Waals surface area contributed by atoms with Gasteiger partial charge in [0.2, 0.25) is 0 Å². The molecule has 0 aliphatic rings. The molecule has 1 aromatic heterocycles. The topological polar surface area (TPSA) is 38.1 Å². The van der Waals surface area contributed by atoms with Crippen LogP contribution in [0.25, 0.3) is 0 Å². The van der Waals surface area contributed by atoms with Crippen molar-refractivity contribution in [1.82, 2.24) is 9.97 Å². The van der Waals surface area contributed by atoms with Gasteiger partial charge in [0, 0.05) is 18.6 Å². The zero-order chi connectivity index (χ0) is 8.10. The average molecular weight is 147 g/mol. The predicted molar refractivity (Wildman–Crippen MR) is 44.6 cm³/mol. The summed E-state index contributed by atoms with van der Waals surface area (Å²) in [7, 11) is 0. The fourth-order valence-electron chi connectivity index (χ4n) is 0.668. The molecular weight excluding hydrogens is 138 g/mol. The second kappa shape index (κ2) is 3.61. The Hall–Kier alpha value is -1.51. The van der Waals surface area contributed by atoms with E-state index in [1.54, 1.807) is 18.6 Å². The molecule has 0 aliphatic carbocycles. The highest BCUT2D eigenvalue weighted by Gasteiger charge is 1.92. The third kappa shape index (κ3) is 1.97. The maximum Gasteiger partial charge on any atom is 0.102 e. The summed E-state index contributed by atoms with van der Waals surface area (Å²) in [6.45, 7) is 5.35. The third-order valence-electron chi connectivity index (χ3n) is 1.22. The van der Waals surface area contributed by atoms with E-state index in [9.17, 15) is 0 Å². The highest BCUT2D eigenvalue weighted by Crippen LogP contribution is 1.94. The number of hydrogen-bond donors (Lipinski definition) is 0. The van der Waals surface area contributed by atoms with Crippen LogP contribution in [0, 0.1) is 6.92 Å². The molecule has 0 saturated carbocycles. The molecule has 3 nitrogen and oxygen atoms in total. The van der Waals surface area contributed by atoms with Crippen molar-refractivity contribution in [3.63, 3.8) is 0 Å². The largest absolute Gasteiger partial charge is 0.263 e. The van der Waals surface area contributed by atoms with Gasteiger partial charge in [-0.25, -0.2) is 0 Å². The van der Waals surface area contributed by atoms with Crippen molar-refractivity contribution in [3.8, 4) is 0 Å². The first-order chi connectivity index (χ1) is 5.34. The molecule has 56 valence electrons. The minimum Gasteiger partial charge on any atom is -0.263 e. The van der Waals surface area contributed by atoms with Crippen LogP contribution in [0.1, 0.15) is 11.4 Å². The molecule has 0 fully saturated rings. The first kappa shape index (κ1) is 7.60. The standard InChI is InChI=1S/C8H9N3/c1-3-9-6-8-7(2)10-4-5-11-8/h3-6H,1H2,2H3/b9-6-. The Kier molecular flexibility index (Phi) is 2.49. The van der Waals surface area contributed by atoms with Crippen LogP contribution in [0.3, 0.4) is 0 Å². The minimum absolute atomic E-state index is 0.785. The maximum absolute atomic E-state index is 4.06. The van der Waals surface area contributed by atoms with Crippen LogP contribution in [-0.2, 0) is 0 Å². The summed E-state index contributed by atoms with van der Waals surface area (Å²) in [4.78, 5) is 11.9. The lowest BCUT2D eigenvalue weighted by molar-refractivity contribution is 1.10. The maximum atomic E-state index is 4.06. The van der Waals surface area contributed by atoms with Gasteiger partial charge in [-0.15, -0.1) is 0 Å². The normalized spacial score (nSPS) is 10.3. The summed E-state index contributed by atoms with van der Waals surface area (Å²) in [5.74, 6) is 0. The molecule has 1 aromatic rings. The van der Waals surface area contributed by atoms with Crippen molar-refractivity contribution < 1.29 is 0 Å². The Balaban J connectivity index is 2.94. The second-order valence-corrected chi connectivity index (χ2v) is 1.99. The highest BCUT2D eigenvalue weighted by atomic mass is 14.8. The molecule has 11 heavy (non-hydrogen) atoms. The molecule has 0 amide bonds. The van der Waals surface area contributed by atoms with Crippen LogP contribution in [0.2, 0.25) is 0 Å². The lowest BCUT2D eigenvalue weighted by Crippen LogP contribution is -1.93. The molecule has 0 radical (unpaired) electrons. The first-order valence-electron chi connectivity index (χ1n) is 3.26. The molecule has 0 aromatic carbocycles.